The van der Waals surface area contributed by atoms with Gasteiger partial charge in [0.1, 0.15) is 12.2 Å². The topological polar surface area (TPSA) is 80.0 Å². The van der Waals surface area contributed by atoms with Crippen LogP contribution >= 0.6 is 15.9 Å². The SMILES string of the molecule is Cc1cc(Br)ccc1NC(=O)Cn1cc(CO)nn1. The standard InChI is InChI=1S/C12H13BrN4O2/c1-8-4-9(13)2-3-11(8)14-12(19)6-17-5-10(7-18)15-16-17/h2-5,18H,6-7H2,1H3,(H,14,19). The van der Waals surface area contributed by atoms with Crippen LogP contribution in [0.1, 0.15) is 11.3 Å². The molecular weight excluding hydrogens is 312 g/mol. The van der Waals surface area contributed by atoms with Gasteiger partial charge in [-0.15, -0.1) is 5.10 Å². The van der Waals surface area contributed by atoms with Gasteiger partial charge in [0.05, 0.1) is 12.8 Å². The molecule has 6 nitrogen and oxygen atoms in total. The Bertz CT molecular complexity index is 597. The van der Waals surface area contributed by atoms with Crippen LogP contribution in [-0.2, 0) is 17.9 Å². The van der Waals surface area contributed by atoms with Crippen LogP contribution in [0.25, 0.3) is 0 Å². The van der Waals surface area contributed by atoms with Gasteiger partial charge in [-0.1, -0.05) is 21.1 Å². The van der Waals surface area contributed by atoms with Gasteiger partial charge in [-0.25, -0.2) is 4.68 Å². The number of benzene rings is 1. The van der Waals surface area contributed by atoms with Crippen molar-refractivity contribution >= 4 is 27.5 Å². The lowest BCUT2D eigenvalue weighted by molar-refractivity contribution is -0.116. The lowest BCUT2D eigenvalue weighted by Gasteiger charge is -2.08. The third-order valence-corrected chi connectivity index (χ3v) is 3.01. The first-order chi connectivity index (χ1) is 9.08. The van der Waals surface area contributed by atoms with Crippen LogP contribution in [0.2, 0.25) is 0 Å². The number of aryl methyl sites for hydroxylation is 1. The van der Waals surface area contributed by atoms with E-state index in [1.807, 2.05) is 25.1 Å². The molecule has 0 saturated heterocycles. The molecule has 0 fully saturated rings. The molecule has 0 aliphatic rings. The van der Waals surface area contributed by atoms with Crippen molar-refractivity contribution in [1.29, 1.82) is 0 Å². The fourth-order valence-electron chi connectivity index (χ4n) is 1.59. The lowest BCUT2D eigenvalue weighted by atomic mass is 10.2. The van der Waals surface area contributed by atoms with Gasteiger partial charge in [-0.3, -0.25) is 4.79 Å². The average molecular weight is 325 g/mol. The molecule has 1 aromatic heterocycles. The molecule has 0 bridgehead atoms. The number of carbonyl (C=O) groups is 1. The minimum absolute atomic E-state index is 0.0580. The summed E-state index contributed by atoms with van der Waals surface area (Å²) in [5.74, 6) is -0.195. The minimum atomic E-state index is -0.195. The molecular formula is C12H13BrN4O2. The predicted octanol–water partition coefficient (Wildman–Crippen LogP) is 1.48. The Morgan fingerprint density at radius 3 is 2.95 bits per heavy atom. The van der Waals surface area contributed by atoms with E-state index in [2.05, 4.69) is 31.6 Å². The Labute approximate surface area is 118 Å². The van der Waals surface area contributed by atoms with Gasteiger partial charge in [-0.2, -0.15) is 0 Å². The van der Waals surface area contributed by atoms with Crippen molar-refractivity contribution in [3.63, 3.8) is 0 Å². The number of aliphatic hydroxyl groups is 1. The molecule has 0 unspecified atom stereocenters. The average Bonchev–Trinajstić information content (AvgIpc) is 2.80. The van der Waals surface area contributed by atoms with Crippen LogP contribution < -0.4 is 5.32 Å². The molecule has 1 amide bonds. The summed E-state index contributed by atoms with van der Waals surface area (Å²) >= 11 is 3.37. The number of nitrogens with one attached hydrogen (secondary N) is 1. The smallest absolute Gasteiger partial charge is 0.246 e. The van der Waals surface area contributed by atoms with Crippen LogP contribution in [0.15, 0.2) is 28.9 Å². The molecule has 2 aromatic rings. The second kappa shape index (κ2) is 5.94. The van der Waals surface area contributed by atoms with E-state index in [4.69, 9.17) is 5.11 Å². The molecule has 1 aromatic carbocycles. The summed E-state index contributed by atoms with van der Waals surface area (Å²) in [4.78, 5) is 11.8. The molecule has 0 atom stereocenters. The zero-order chi connectivity index (χ0) is 13.8. The molecule has 19 heavy (non-hydrogen) atoms. The number of carbonyl (C=O) groups excluding carboxylic acids is 1. The van der Waals surface area contributed by atoms with E-state index in [-0.39, 0.29) is 19.1 Å². The van der Waals surface area contributed by atoms with E-state index in [1.165, 1.54) is 10.9 Å². The number of nitrogens with zero attached hydrogens (tertiary/aromatic N) is 3. The summed E-state index contributed by atoms with van der Waals surface area (Å²) in [5.41, 5.74) is 2.17. The van der Waals surface area contributed by atoms with Gasteiger partial charge in [0, 0.05) is 10.2 Å². The minimum Gasteiger partial charge on any atom is -0.390 e. The largest absolute Gasteiger partial charge is 0.390 e. The van der Waals surface area contributed by atoms with Crippen LogP contribution in [-0.4, -0.2) is 26.0 Å². The Morgan fingerprint density at radius 2 is 2.32 bits per heavy atom. The molecule has 0 radical (unpaired) electrons. The third kappa shape index (κ3) is 3.62. The fourth-order valence-corrected chi connectivity index (χ4v) is 2.07. The maximum atomic E-state index is 11.8. The number of rotatable bonds is 4. The quantitative estimate of drug-likeness (QED) is 0.892. The van der Waals surface area contributed by atoms with Crippen molar-refractivity contribution in [3.05, 3.63) is 40.1 Å². The Kier molecular flexibility index (Phi) is 4.28. The van der Waals surface area contributed by atoms with Gasteiger partial charge in [0.15, 0.2) is 0 Å². The van der Waals surface area contributed by atoms with Gasteiger partial charge < -0.3 is 10.4 Å². The maximum absolute atomic E-state index is 11.8. The summed E-state index contributed by atoms with van der Waals surface area (Å²) in [6.07, 6.45) is 1.54. The zero-order valence-electron chi connectivity index (χ0n) is 10.3. The number of amides is 1. The van der Waals surface area contributed by atoms with E-state index < -0.39 is 0 Å². The van der Waals surface area contributed by atoms with Crippen molar-refractivity contribution < 1.29 is 9.90 Å². The first-order valence-corrected chi connectivity index (χ1v) is 6.43. The van der Waals surface area contributed by atoms with Gasteiger partial charge in [-0.05, 0) is 30.7 Å². The normalized spacial score (nSPS) is 10.5. The number of anilines is 1. The first-order valence-electron chi connectivity index (χ1n) is 5.64. The second-order valence-corrected chi connectivity index (χ2v) is 4.99. The zero-order valence-corrected chi connectivity index (χ0v) is 11.9. The van der Waals surface area contributed by atoms with E-state index in [0.717, 1.165) is 15.7 Å². The van der Waals surface area contributed by atoms with Crippen LogP contribution in [0.3, 0.4) is 0 Å². The van der Waals surface area contributed by atoms with Crippen LogP contribution in [0.4, 0.5) is 5.69 Å². The number of hydrogen-bond acceptors (Lipinski definition) is 4. The summed E-state index contributed by atoms with van der Waals surface area (Å²) in [7, 11) is 0. The molecule has 1 heterocycles. The third-order valence-electron chi connectivity index (χ3n) is 2.52. The summed E-state index contributed by atoms with van der Waals surface area (Å²) in [5, 5.41) is 19.1. The van der Waals surface area contributed by atoms with Gasteiger partial charge >= 0.3 is 0 Å². The lowest BCUT2D eigenvalue weighted by Crippen LogP contribution is -2.19. The summed E-state index contributed by atoms with van der Waals surface area (Å²) in [6.45, 7) is 1.79. The van der Waals surface area contributed by atoms with E-state index in [0.29, 0.717) is 5.69 Å². The van der Waals surface area contributed by atoms with E-state index >= 15 is 0 Å². The maximum Gasteiger partial charge on any atom is 0.246 e. The van der Waals surface area contributed by atoms with Crippen molar-refractivity contribution in [1.82, 2.24) is 15.0 Å². The molecule has 0 aliphatic heterocycles. The van der Waals surface area contributed by atoms with Crippen LogP contribution in [0, 0.1) is 6.92 Å². The summed E-state index contributed by atoms with van der Waals surface area (Å²) < 4.78 is 2.35. The molecule has 0 aliphatic carbocycles. The van der Waals surface area contributed by atoms with E-state index in [9.17, 15) is 4.79 Å². The number of aromatic nitrogens is 3. The Morgan fingerprint density at radius 1 is 1.53 bits per heavy atom. The highest BCUT2D eigenvalue weighted by Gasteiger charge is 2.07. The molecule has 2 N–H and O–H groups in total. The highest BCUT2D eigenvalue weighted by atomic mass is 79.9. The number of halogens is 1. The second-order valence-electron chi connectivity index (χ2n) is 4.07. The van der Waals surface area contributed by atoms with Crippen molar-refractivity contribution in [3.8, 4) is 0 Å². The predicted molar refractivity (Wildman–Crippen MR) is 73.5 cm³/mol. The first kappa shape index (κ1) is 13.7. The molecule has 0 saturated carbocycles. The molecule has 0 spiro atoms. The Balaban J connectivity index is 2.01. The highest BCUT2D eigenvalue weighted by molar-refractivity contribution is 9.10. The van der Waals surface area contributed by atoms with Gasteiger partial charge in [0.2, 0.25) is 5.91 Å². The molecule has 100 valence electrons. The molecule has 7 heteroatoms. The Hall–Kier alpha value is -1.73. The van der Waals surface area contributed by atoms with E-state index in [1.54, 1.807) is 0 Å². The number of aliphatic hydroxyl groups excluding tert-OH is 1. The summed E-state index contributed by atoms with van der Waals surface area (Å²) in [6, 6.07) is 5.62. The number of hydrogen-bond donors (Lipinski definition) is 2. The fraction of sp³-hybridized carbons (Fsp3) is 0.250. The van der Waals surface area contributed by atoms with Gasteiger partial charge in [0.25, 0.3) is 0 Å². The van der Waals surface area contributed by atoms with Crippen molar-refractivity contribution in [2.45, 2.75) is 20.1 Å². The van der Waals surface area contributed by atoms with Crippen molar-refractivity contribution in [2.75, 3.05) is 5.32 Å². The van der Waals surface area contributed by atoms with Crippen LogP contribution in [0.5, 0.6) is 0 Å². The van der Waals surface area contributed by atoms with Crippen molar-refractivity contribution in [2.24, 2.45) is 0 Å². The molecule has 2 rings (SSSR count). The highest BCUT2D eigenvalue weighted by Crippen LogP contribution is 2.19. The monoisotopic (exact) mass is 324 g/mol.